The fourth-order valence-corrected chi connectivity index (χ4v) is 4.01. The monoisotopic (exact) mass is 274 g/mol. The number of hydrogen-bond acceptors (Lipinski definition) is 3. The Morgan fingerprint density at radius 1 is 1.47 bits per heavy atom. The van der Waals surface area contributed by atoms with E-state index >= 15 is 0 Å². The normalized spacial score (nSPS) is 26.3. The highest BCUT2D eigenvalue weighted by Crippen LogP contribution is 2.40. The van der Waals surface area contributed by atoms with Crippen LogP contribution in [0.1, 0.15) is 38.2 Å². The molecule has 0 aromatic heterocycles. The number of aryl methyl sites for hydroxylation is 1. The van der Waals surface area contributed by atoms with Crippen molar-refractivity contribution < 1.29 is 0 Å². The van der Waals surface area contributed by atoms with E-state index in [-0.39, 0.29) is 5.54 Å². The van der Waals surface area contributed by atoms with E-state index < -0.39 is 0 Å². The van der Waals surface area contributed by atoms with E-state index in [0.717, 1.165) is 32.2 Å². The first kappa shape index (κ1) is 14.4. The highest BCUT2D eigenvalue weighted by Gasteiger charge is 2.39. The first-order valence-corrected chi connectivity index (χ1v) is 7.95. The van der Waals surface area contributed by atoms with Crippen LogP contribution in [0.2, 0.25) is 0 Å². The topological polar surface area (TPSA) is 35.8 Å². The van der Waals surface area contributed by atoms with Gasteiger partial charge in [0, 0.05) is 10.1 Å². The van der Waals surface area contributed by atoms with Crippen molar-refractivity contribution in [2.45, 2.75) is 55.2 Å². The summed E-state index contributed by atoms with van der Waals surface area (Å²) in [5.74, 6) is 0. The SMILES string of the molecule is CCCNC1(C#N)CCC(Sc2ccccc2C)C1. The highest BCUT2D eigenvalue weighted by atomic mass is 32.2. The van der Waals surface area contributed by atoms with Crippen LogP contribution in [-0.2, 0) is 0 Å². The zero-order chi connectivity index (χ0) is 13.7. The number of rotatable bonds is 5. The van der Waals surface area contributed by atoms with E-state index in [0.29, 0.717) is 5.25 Å². The van der Waals surface area contributed by atoms with Gasteiger partial charge in [-0.3, -0.25) is 5.32 Å². The Bertz CT molecular complexity index is 466. The predicted molar refractivity (Wildman–Crippen MR) is 81.3 cm³/mol. The van der Waals surface area contributed by atoms with E-state index in [9.17, 15) is 5.26 Å². The van der Waals surface area contributed by atoms with Gasteiger partial charge in [0.25, 0.3) is 0 Å². The third-order valence-corrected chi connectivity index (χ3v) is 5.23. The second-order valence-electron chi connectivity index (χ2n) is 5.37. The van der Waals surface area contributed by atoms with Crippen LogP contribution in [0, 0.1) is 18.3 Å². The van der Waals surface area contributed by atoms with E-state index in [1.807, 2.05) is 11.8 Å². The Hall–Kier alpha value is -0.980. The zero-order valence-electron chi connectivity index (χ0n) is 11.8. The molecule has 0 amide bonds. The molecule has 0 radical (unpaired) electrons. The molecule has 102 valence electrons. The van der Waals surface area contributed by atoms with Gasteiger partial charge in [-0.2, -0.15) is 5.26 Å². The number of nitrogens with one attached hydrogen (secondary N) is 1. The minimum absolute atomic E-state index is 0.281. The summed E-state index contributed by atoms with van der Waals surface area (Å²) < 4.78 is 0. The molecule has 2 nitrogen and oxygen atoms in total. The fraction of sp³-hybridized carbons (Fsp3) is 0.562. The van der Waals surface area contributed by atoms with Gasteiger partial charge in [0.15, 0.2) is 0 Å². The summed E-state index contributed by atoms with van der Waals surface area (Å²) >= 11 is 1.94. The van der Waals surface area contributed by atoms with Crippen molar-refractivity contribution in [3.8, 4) is 6.07 Å². The molecule has 0 bridgehead atoms. The molecule has 0 aliphatic heterocycles. The summed E-state index contributed by atoms with van der Waals surface area (Å²) in [7, 11) is 0. The van der Waals surface area contributed by atoms with Gasteiger partial charge in [-0.05, 0) is 50.8 Å². The summed E-state index contributed by atoms with van der Waals surface area (Å²) in [4.78, 5) is 1.36. The van der Waals surface area contributed by atoms with Gasteiger partial charge in [-0.15, -0.1) is 11.8 Å². The smallest absolute Gasteiger partial charge is 0.107 e. The maximum atomic E-state index is 9.46. The lowest BCUT2D eigenvalue weighted by molar-refractivity contribution is 0.424. The average molecular weight is 274 g/mol. The summed E-state index contributed by atoms with van der Waals surface area (Å²) in [6.07, 6.45) is 4.15. The summed E-state index contributed by atoms with van der Waals surface area (Å²) in [6, 6.07) is 11.0. The molecule has 1 aromatic carbocycles. The van der Waals surface area contributed by atoms with Crippen molar-refractivity contribution in [1.82, 2.24) is 5.32 Å². The third kappa shape index (κ3) is 3.52. The third-order valence-electron chi connectivity index (χ3n) is 3.78. The lowest BCUT2D eigenvalue weighted by Gasteiger charge is -2.22. The predicted octanol–water partition coefficient (Wildman–Crippen LogP) is 3.90. The minimum atomic E-state index is -0.281. The van der Waals surface area contributed by atoms with Crippen LogP contribution in [0.5, 0.6) is 0 Å². The van der Waals surface area contributed by atoms with Crippen molar-refractivity contribution in [2.75, 3.05) is 6.54 Å². The molecule has 3 heteroatoms. The largest absolute Gasteiger partial charge is 0.299 e. The lowest BCUT2D eigenvalue weighted by atomic mass is 10.00. The number of benzene rings is 1. The Morgan fingerprint density at radius 2 is 2.26 bits per heavy atom. The number of hydrogen-bond donors (Lipinski definition) is 1. The maximum Gasteiger partial charge on any atom is 0.107 e. The zero-order valence-corrected chi connectivity index (χ0v) is 12.6. The van der Waals surface area contributed by atoms with Crippen LogP contribution in [0.15, 0.2) is 29.2 Å². The first-order valence-electron chi connectivity index (χ1n) is 7.08. The molecule has 2 rings (SSSR count). The van der Waals surface area contributed by atoms with Gasteiger partial charge in [0.05, 0.1) is 6.07 Å². The molecular weight excluding hydrogens is 252 g/mol. The van der Waals surface area contributed by atoms with E-state index in [1.165, 1.54) is 10.5 Å². The molecule has 0 saturated heterocycles. The molecule has 0 spiro atoms. The summed E-state index contributed by atoms with van der Waals surface area (Å²) in [5, 5.41) is 13.5. The van der Waals surface area contributed by atoms with Crippen LogP contribution in [0.4, 0.5) is 0 Å². The van der Waals surface area contributed by atoms with Gasteiger partial charge in [0.1, 0.15) is 5.54 Å². The molecule has 1 aliphatic rings. The van der Waals surface area contributed by atoms with Crippen LogP contribution in [0.25, 0.3) is 0 Å². The highest BCUT2D eigenvalue weighted by molar-refractivity contribution is 8.00. The Balaban J connectivity index is 1.98. The first-order chi connectivity index (χ1) is 9.19. The lowest BCUT2D eigenvalue weighted by Crippen LogP contribution is -2.42. The van der Waals surface area contributed by atoms with Crippen molar-refractivity contribution in [3.05, 3.63) is 29.8 Å². The molecule has 1 aliphatic carbocycles. The number of nitriles is 1. The Labute approximate surface area is 120 Å². The second-order valence-corrected chi connectivity index (χ2v) is 6.71. The molecule has 19 heavy (non-hydrogen) atoms. The molecule has 2 atom stereocenters. The van der Waals surface area contributed by atoms with Gasteiger partial charge in [-0.1, -0.05) is 25.1 Å². The number of nitrogens with zero attached hydrogens (tertiary/aromatic N) is 1. The molecule has 2 unspecified atom stereocenters. The Morgan fingerprint density at radius 3 is 2.95 bits per heavy atom. The van der Waals surface area contributed by atoms with Crippen LogP contribution in [0.3, 0.4) is 0 Å². The second kappa shape index (κ2) is 6.45. The van der Waals surface area contributed by atoms with Crippen molar-refractivity contribution >= 4 is 11.8 Å². The van der Waals surface area contributed by atoms with E-state index in [2.05, 4.69) is 49.5 Å². The molecule has 1 saturated carbocycles. The summed E-state index contributed by atoms with van der Waals surface area (Å²) in [6.45, 7) is 5.24. The maximum absolute atomic E-state index is 9.46. The number of thioether (sulfide) groups is 1. The average Bonchev–Trinajstić information content (AvgIpc) is 2.83. The van der Waals surface area contributed by atoms with Crippen LogP contribution < -0.4 is 5.32 Å². The standard InChI is InChI=1S/C16H22N2S/c1-3-10-18-16(12-17)9-8-14(11-16)19-15-7-5-4-6-13(15)2/h4-7,14,18H,3,8-11H2,1-2H3. The van der Waals surface area contributed by atoms with Crippen LogP contribution in [-0.4, -0.2) is 17.3 Å². The minimum Gasteiger partial charge on any atom is -0.299 e. The van der Waals surface area contributed by atoms with E-state index in [4.69, 9.17) is 0 Å². The quantitative estimate of drug-likeness (QED) is 0.884. The van der Waals surface area contributed by atoms with Crippen molar-refractivity contribution in [3.63, 3.8) is 0 Å². The van der Waals surface area contributed by atoms with E-state index in [1.54, 1.807) is 0 Å². The van der Waals surface area contributed by atoms with Crippen LogP contribution >= 0.6 is 11.8 Å². The molecule has 1 fully saturated rings. The van der Waals surface area contributed by atoms with Crippen molar-refractivity contribution in [1.29, 1.82) is 5.26 Å². The molecule has 1 aromatic rings. The summed E-state index contributed by atoms with van der Waals surface area (Å²) in [5.41, 5.74) is 1.06. The Kier molecular flexibility index (Phi) is 4.90. The fourth-order valence-electron chi connectivity index (χ4n) is 2.63. The molecule has 0 heterocycles. The van der Waals surface area contributed by atoms with Gasteiger partial charge in [-0.25, -0.2) is 0 Å². The van der Waals surface area contributed by atoms with Crippen molar-refractivity contribution in [2.24, 2.45) is 0 Å². The van der Waals surface area contributed by atoms with Gasteiger partial charge >= 0.3 is 0 Å². The molecule has 1 N–H and O–H groups in total. The van der Waals surface area contributed by atoms with Gasteiger partial charge in [0.2, 0.25) is 0 Å². The molecular formula is C16H22N2S. The van der Waals surface area contributed by atoms with Gasteiger partial charge < -0.3 is 0 Å².